The maximum absolute atomic E-state index is 13.6. The van der Waals surface area contributed by atoms with Crippen LogP contribution in [0.1, 0.15) is 55.8 Å². The highest BCUT2D eigenvalue weighted by atomic mass is 31.2. The molecule has 2 saturated carbocycles. The molecule has 0 spiro atoms. The molecule has 1 N–H and O–H groups in total. The molecule has 3 aromatic carbocycles. The molecule has 7 nitrogen and oxygen atoms in total. The number of hydrogen-bond acceptors (Lipinski definition) is 5. The van der Waals surface area contributed by atoms with E-state index in [2.05, 4.69) is 4.74 Å². The summed E-state index contributed by atoms with van der Waals surface area (Å²) >= 11 is 0. The molecule has 2 aliphatic rings. The van der Waals surface area contributed by atoms with Crippen LogP contribution < -0.4 is 10.0 Å². The summed E-state index contributed by atoms with van der Waals surface area (Å²) in [6.45, 7) is 3.29. The second kappa shape index (κ2) is 10.8. The summed E-state index contributed by atoms with van der Waals surface area (Å²) < 4.78 is 75.5. The Morgan fingerprint density at radius 1 is 1.07 bits per heavy atom. The summed E-state index contributed by atoms with van der Waals surface area (Å²) in [5, 5.41) is 17.1. The first kappa shape index (κ1) is 30.7. The van der Waals surface area contributed by atoms with Crippen LogP contribution in [-0.4, -0.2) is 43.6 Å². The lowest BCUT2D eigenvalue weighted by molar-refractivity contribution is -0.274. The molecule has 2 heterocycles. The van der Waals surface area contributed by atoms with E-state index in [-0.39, 0.29) is 23.3 Å². The molecule has 2 aliphatic carbocycles. The lowest BCUT2D eigenvalue weighted by atomic mass is 9.71. The Hall–Kier alpha value is -3.95. The number of ether oxygens (including phenoxy) is 1. The van der Waals surface area contributed by atoms with Crippen molar-refractivity contribution in [1.82, 2.24) is 19.3 Å². The van der Waals surface area contributed by atoms with Crippen LogP contribution in [0.25, 0.3) is 33.5 Å². The van der Waals surface area contributed by atoms with Crippen molar-refractivity contribution < 1.29 is 32.0 Å². The van der Waals surface area contributed by atoms with E-state index in [1.165, 1.54) is 24.3 Å². The number of aromatic nitrogens is 4. The van der Waals surface area contributed by atoms with Crippen LogP contribution in [0.2, 0.25) is 0 Å². The molecule has 0 bridgehead atoms. The Morgan fingerprint density at radius 3 is 2.43 bits per heavy atom. The summed E-state index contributed by atoms with van der Waals surface area (Å²) in [5.41, 5.74) is 2.87. The van der Waals surface area contributed by atoms with Crippen LogP contribution in [-0.2, 0) is 17.2 Å². The first-order valence-electron chi connectivity index (χ1n) is 15.3. The van der Waals surface area contributed by atoms with Gasteiger partial charge in [-0.05, 0) is 55.4 Å². The summed E-state index contributed by atoms with van der Waals surface area (Å²) in [4.78, 5) is 4.96. The molecular weight excluding hydrogens is 619 g/mol. The minimum atomic E-state index is -4.95. The minimum absolute atomic E-state index is 0.0734. The zero-order chi connectivity index (χ0) is 32.6. The molecule has 0 amide bonds. The Kier molecular flexibility index (Phi) is 7.21. The number of benzene rings is 3. The summed E-state index contributed by atoms with van der Waals surface area (Å²) in [6, 6.07) is 15.9. The monoisotopic (exact) mass is 652 g/mol. The van der Waals surface area contributed by atoms with Crippen LogP contribution in [0.3, 0.4) is 0 Å². The smallest absolute Gasteiger partial charge is 0.405 e. The molecule has 12 heteroatoms. The highest BCUT2D eigenvalue weighted by Gasteiger charge is 2.45. The molecule has 0 aliphatic heterocycles. The molecule has 1 atom stereocenters. The van der Waals surface area contributed by atoms with E-state index in [4.69, 9.17) is 10.1 Å². The standard InChI is InChI=1S/C34H33F4N4O3P/c1-4-46(3,44)24-14-15-26(29(16-24)45-34(36,37)38)32-39-30(31(41(32)2)20-8-9-20)25-6-5-7-28-27(25)19-42(40-28)23-17-33(43,18-23)21-10-12-22(35)13-11-21/h5-7,10-16,19-20,23,43H,4,8-9,17-18H2,1-3H3/t23?,33?,46-/m0/s1. The van der Waals surface area contributed by atoms with E-state index >= 15 is 0 Å². The first-order chi connectivity index (χ1) is 21.8. The van der Waals surface area contributed by atoms with Gasteiger partial charge in [0.2, 0.25) is 0 Å². The SMILES string of the molecule is CC[P@](C)(=O)c1ccc(-c2nc(-c3cccc4nn(C5CC(O)(c6ccc(F)cc6)C5)cc34)c(C3CC3)n2C)c(OC(F)(F)F)c1. The number of imidazole rings is 1. The van der Waals surface area contributed by atoms with Crippen molar-refractivity contribution in [2.24, 2.45) is 7.05 Å². The molecule has 7 rings (SSSR count). The first-order valence-corrected chi connectivity index (χ1v) is 17.6. The van der Waals surface area contributed by atoms with E-state index in [9.17, 15) is 27.2 Å². The predicted molar refractivity (Wildman–Crippen MR) is 168 cm³/mol. The maximum atomic E-state index is 13.6. The molecular formula is C34H33F4N4O3P. The molecule has 5 aromatic rings. The van der Waals surface area contributed by atoms with Gasteiger partial charge in [-0.3, -0.25) is 4.68 Å². The van der Waals surface area contributed by atoms with Crippen LogP contribution in [0, 0.1) is 5.82 Å². The third kappa shape index (κ3) is 5.43. The molecule has 0 radical (unpaired) electrons. The zero-order valence-corrected chi connectivity index (χ0v) is 26.4. The average Bonchev–Trinajstić information content (AvgIpc) is 3.63. The van der Waals surface area contributed by atoms with Gasteiger partial charge in [-0.1, -0.05) is 37.3 Å². The summed E-state index contributed by atoms with van der Waals surface area (Å²) in [5.74, 6) is -0.280. The molecule has 0 saturated heterocycles. The fourth-order valence-corrected chi connectivity index (χ4v) is 7.66. The van der Waals surface area contributed by atoms with Gasteiger partial charge in [-0.2, -0.15) is 5.10 Å². The summed E-state index contributed by atoms with van der Waals surface area (Å²) in [7, 11) is -1.07. The topological polar surface area (TPSA) is 82.2 Å². The lowest BCUT2D eigenvalue weighted by Gasteiger charge is -2.44. The van der Waals surface area contributed by atoms with Gasteiger partial charge in [0.25, 0.3) is 0 Å². The second-order valence-electron chi connectivity index (χ2n) is 12.6. The van der Waals surface area contributed by atoms with Gasteiger partial charge in [-0.15, -0.1) is 13.2 Å². The van der Waals surface area contributed by atoms with Crippen molar-refractivity contribution in [1.29, 1.82) is 0 Å². The fraction of sp³-hybridized carbons (Fsp3) is 0.353. The Bertz CT molecular complexity index is 2010. The molecule has 0 unspecified atom stereocenters. The third-order valence-electron chi connectivity index (χ3n) is 9.41. The average molecular weight is 653 g/mol. The van der Waals surface area contributed by atoms with E-state index in [0.717, 1.165) is 35.0 Å². The van der Waals surface area contributed by atoms with E-state index in [1.54, 1.807) is 38.8 Å². The Labute approximate surface area is 263 Å². The van der Waals surface area contributed by atoms with Crippen molar-refractivity contribution in [3.63, 3.8) is 0 Å². The number of nitrogens with zero attached hydrogens (tertiary/aromatic N) is 4. The Morgan fingerprint density at radius 2 is 1.78 bits per heavy atom. The lowest BCUT2D eigenvalue weighted by Crippen LogP contribution is -2.42. The van der Waals surface area contributed by atoms with Gasteiger partial charge >= 0.3 is 6.36 Å². The van der Waals surface area contributed by atoms with Crippen LogP contribution >= 0.6 is 7.14 Å². The second-order valence-corrected chi connectivity index (χ2v) is 15.9. The van der Waals surface area contributed by atoms with Gasteiger partial charge in [0.05, 0.1) is 28.4 Å². The van der Waals surface area contributed by atoms with E-state index < -0.39 is 24.9 Å². The van der Waals surface area contributed by atoms with Crippen molar-refractivity contribution in [3.05, 3.63) is 83.9 Å². The highest BCUT2D eigenvalue weighted by molar-refractivity contribution is 7.70. The van der Waals surface area contributed by atoms with Crippen LogP contribution in [0.4, 0.5) is 17.6 Å². The van der Waals surface area contributed by atoms with E-state index in [1.807, 2.05) is 33.6 Å². The maximum Gasteiger partial charge on any atom is 0.573 e. The molecule has 46 heavy (non-hydrogen) atoms. The number of rotatable bonds is 8. The van der Waals surface area contributed by atoms with E-state index in [0.29, 0.717) is 41.4 Å². The van der Waals surface area contributed by atoms with Gasteiger partial charge in [0.1, 0.15) is 24.5 Å². The fourth-order valence-electron chi connectivity index (χ4n) is 6.51. The summed E-state index contributed by atoms with van der Waals surface area (Å²) in [6.07, 6.45) is 0.00123. The predicted octanol–water partition coefficient (Wildman–Crippen LogP) is 7.88. The molecule has 2 fully saturated rings. The number of hydrogen-bond donors (Lipinski definition) is 1. The number of halogens is 4. The quantitative estimate of drug-likeness (QED) is 0.136. The van der Waals surface area contributed by atoms with Gasteiger partial charge < -0.3 is 19.0 Å². The molecule has 240 valence electrons. The molecule has 2 aromatic heterocycles. The normalized spacial score (nSPS) is 21.3. The third-order valence-corrected chi connectivity index (χ3v) is 12.0. The van der Waals surface area contributed by atoms with Crippen LogP contribution in [0.15, 0.2) is 66.9 Å². The van der Waals surface area contributed by atoms with Crippen molar-refractivity contribution in [2.75, 3.05) is 12.8 Å². The zero-order valence-electron chi connectivity index (χ0n) is 25.6. The van der Waals surface area contributed by atoms with Gasteiger partial charge in [0.15, 0.2) is 0 Å². The van der Waals surface area contributed by atoms with Crippen molar-refractivity contribution in [2.45, 2.75) is 56.5 Å². The number of fused-ring (bicyclic) bond motifs is 1. The number of alkyl halides is 3. The minimum Gasteiger partial charge on any atom is -0.405 e. The van der Waals surface area contributed by atoms with Crippen molar-refractivity contribution in [3.8, 4) is 28.4 Å². The van der Waals surface area contributed by atoms with Crippen molar-refractivity contribution >= 4 is 23.3 Å². The number of aliphatic hydroxyl groups is 1. The Balaban J connectivity index is 1.29. The highest BCUT2D eigenvalue weighted by Crippen LogP contribution is 2.50. The largest absolute Gasteiger partial charge is 0.573 e. The van der Waals surface area contributed by atoms with Gasteiger partial charge in [-0.25, -0.2) is 9.37 Å². The van der Waals surface area contributed by atoms with Gasteiger partial charge in [0, 0.05) is 60.1 Å². The van der Waals surface area contributed by atoms with Crippen LogP contribution in [0.5, 0.6) is 5.75 Å².